The highest BCUT2D eigenvalue weighted by Gasteiger charge is 2.30. The van der Waals surface area contributed by atoms with E-state index in [0.717, 1.165) is 29.6 Å². The second kappa shape index (κ2) is 6.98. The predicted molar refractivity (Wildman–Crippen MR) is 103 cm³/mol. The van der Waals surface area contributed by atoms with Gasteiger partial charge in [0.2, 0.25) is 5.89 Å². The van der Waals surface area contributed by atoms with Crippen molar-refractivity contribution in [2.45, 2.75) is 32.2 Å². The molecular weight excluding hydrogens is 342 g/mol. The summed E-state index contributed by atoms with van der Waals surface area (Å²) in [5.41, 5.74) is 1.44. The Hall–Kier alpha value is -2.96. The van der Waals surface area contributed by atoms with Crippen LogP contribution in [0.15, 0.2) is 34.9 Å². The average Bonchev–Trinajstić information content (AvgIpc) is 3.43. The summed E-state index contributed by atoms with van der Waals surface area (Å²) in [5.74, 6) is 2.35. The van der Waals surface area contributed by atoms with E-state index in [9.17, 15) is 4.79 Å². The molecule has 2 aromatic heterocycles. The Morgan fingerprint density at radius 2 is 2.00 bits per heavy atom. The molecule has 0 bridgehead atoms. The minimum Gasteiger partial charge on any atom is -0.363 e. The highest BCUT2D eigenvalue weighted by molar-refractivity contribution is 6.07. The van der Waals surface area contributed by atoms with E-state index >= 15 is 0 Å². The number of carbonyl (C=O) groups is 1. The monoisotopic (exact) mass is 365 g/mol. The first kappa shape index (κ1) is 17.5. The van der Waals surface area contributed by atoms with Crippen molar-refractivity contribution in [2.24, 2.45) is 0 Å². The van der Waals surface area contributed by atoms with Crippen molar-refractivity contribution in [1.82, 2.24) is 20.0 Å². The smallest absolute Gasteiger partial charge is 0.255 e. The topological polar surface area (TPSA) is 75.4 Å². The maximum Gasteiger partial charge on any atom is 0.255 e. The molecule has 1 aliphatic carbocycles. The molecule has 0 unspecified atom stereocenters. The van der Waals surface area contributed by atoms with Crippen molar-refractivity contribution >= 4 is 22.6 Å². The van der Waals surface area contributed by atoms with Gasteiger partial charge in [-0.15, -0.1) is 0 Å². The Morgan fingerprint density at radius 3 is 2.70 bits per heavy atom. The van der Waals surface area contributed by atoms with Crippen LogP contribution in [0.4, 0.5) is 5.82 Å². The van der Waals surface area contributed by atoms with E-state index < -0.39 is 0 Å². The molecule has 0 saturated heterocycles. The van der Waals surface area contributed by atoms with E-state index in [-0.39, 0.29) is 5.91 Å². The van der Waals surface area contributed by atoms with Gasteiger partial charge in [-0.2, -0.15) is 4.98 Å². The van der Waals surface area contributed by atoms with Crippen LogP contribution in [-0.4, -0.2) is 46.6 Å². The normalized spacial score (nSPS) is 13.7. The lowest BCUT2D eigenvalue weighted by Crippen LogP contribution is -2.31. The van der Waals surface area contributed by atoms with Crippen molar-refractivity contribution < 1.29 is 9.32 Å². The third-order valence-electron chi connectivity index (χ3n) is 4.80. The van der Waals surface area contributed by atoms with Gasteiger partial charge >= 0.3 is 0 Å². The Bertz CT molecular complexity index is 977. The van der Waals surface area contributed by atoms with E-state index in [1.807, 2.05) is 56.3 Å². The van der Waals surface area contributed by atoms with Crippen LogP contribution in [0.5, 0.6) is 0 Å². The van der Waals surface area contributed by atoms with Crippen LogP contribution in [-0.2, 0) is 6.54 Å². The standard InChI is InChI=1S/C20H23N5O2/c1-4-25(12-17-22-19(27-23-17)13-9-10-13)20(26)15-11-18(24(2)3)21-16-8-6-5-7-14(15)16/h5-8,11,13H,4,9-10,12H2,1-3H3. The van der Waals surface area contributed by atoms with E-state index in [2.05, 4.69) is 15.1 Å². The van der Waals surface area contributed by atoms with Crippen molar-refractivity contribution in [3.8, 4) is 0 Å². The molecule has 3 aromatic rings. The Labute approximate surface area is 158 Å². The molecule has 0 aliphatic heterocycles. The van der Waals surface area contributed by atoms with Crippen LogP contribution in [0.1, 0.15) is 47.8 Å². The molecule has 140 valence electrons. The van der Waals surface area contributed by atoms with Gasteiger partial charge in [0.15, 0.2) is 5.82 Å². The van der Waals surface area contributed by atoms with E-state index in [0.29, 0.717) is 36.3 Å². The van der Waals surface area contributed by atoms with Crippen molar-refractivity contribution in [3.63, 3.8) is 0 Å². The molecule has 27 heavy (non-hydrogen) atoms. The molecule has 0 spiro atoms. The summed E-state index contributed by atoms with van der Waals surface area (Å²) in [6.45, 7) is 2.84. The molecule has 0 radical (unpaired) electrons. The maximum atomic E-state index is 13.3. The molecule has 0 N–H and O–H groups in total. The summed E-state index contributed by atoms with van der Waals surface area (Å²) in [5, 5.41) is 4.89. The number of nitrogens with zero attached hydrogens (tertiary/aromatic N) is 5. The van der Waals surface area contributed by atoms with E-state index in [1.165, 1.54) is 0 Å². The number of rotatable bonds is 6. The molecule has 1 aliphatic rings. The number of amides is 1. The molecule has 2 heterocycles. The summed E-state index contributed by atoms with van der Waals surface area (Å²) < 4.78 is 5.32. The number of anilines is 1. The van der Waals surface area contributed by atoms with Crippen LogP contribution >= 0.6 is 0 Å². The van der Waals surface area contributed by atoms with Crippen LogP contribution in [0.2, 0.25) is 0 Å². The number of para-hydroxylation sites is 1. The molecule has 1 aromatic carbocycles. The molecule has 4 rings (SSSR count). The second-order valence-corrected chi connectivity index (χ2v) is 7.08. The molecule has 1 fully saturated rings. The minimum absolute atomic E-state index is 0.0584. The third kappa shape index (κ3) is 3.49. The summed E-state index contributed by atoms with van der Waals surface area (Å²) >= 11 is 0. The number of carbonyl (C=O) groups excluding carboxylic acids is 1. The van der Waals surface area contributed by atoms with Gasteiger partial charge in [-0.25, -0.2) is 4.98 Å². The van der Waals surface area contributed by atoms with Crippen LogP contribution in [0, 0.1) is 0 Å². The number of fused-ring (bicyclic) bond motifs is 1. The van der Waals surface area contributed by atoms with Crippen molar-refractivity contribution in [3.05, 3.63) is 47.6 Å². The molecule has 1 amide bonds. The van der Waals surface area contributed by atoms with Crippen LogP contribution < -0.4 is 4.90 Å². The summed E-state index contributed by atoms with van der Waals surface area (Å²) in [6.07, 6.45) is 2.21. The number of hydrogen-bond acceptors (Lipinski definition) is 6. The summed E-state index contributed by atoms with van der Waals surface area (Å²) in [7, 11) is 3.84. The highest BCUT2D eigenvalue weighted by atomic mass is 16.5. The number of hydrogen-bond donors (Lipinski definition) is 0. The first-order valence-corrected chi connectivity index (χ1v) is 9.25. The first-order chi connectivity index (χ1) is 13.1. The van der Waals surface area contributed by atoms with Gasteiger partial charge in [0, 0.05) is 31.9 Å². The van der Waals surface area contributed by atoms with Gasteiger partial charge in [0.25, 0.3) is 5.91 Å². The Balaban J connectivity index is 1.66. The number of benzene rings is 1. The van der Waals surface area contributed by atoms with Crippen LogP contribution in [0.3, 0.4) is 0 Å². The van der Waals surface area contributed by atoms with Gasteiger partial charge < -0.3 is 14.3 Å². The lowest BCUT2D eigenvalue weighted by Gasteiger charge is -2.21. The minimum atomic E-state index is -0.0584. The molecule has 0 atom stereocenters. The fourth-order valence-electron chi connectivity index (χ4n) is 3.06. The van der Waals surface area contributed by atoms with E-state index in [4.69, 9.17) is 4.52 Å². The van der Waals surface area contributed by atoms with Crippen LogP contribution in [0.25, 0.3) is 10.9 Å². The highest BCUT2D eigenvalue weighted by Crippen LogP contribution is 2.38. The zero-order valence-electron chi connectivity index (χ0n) is 15.8. The fraction of sp³-hybridized carbons (Fsp3) is 0.400. The van der Waals surface area contributed by atoms with E-state index in [1.54, 1.807) is 4.90 Å². The second-order valence-electron chi connectivity index (χ2n) is 7.08. The molecule has 7 heteroatoms. The zero-order valence-corrected chi connectivity index (χ0v) is 15.8. The van der Waals surface area contributed by atoms with Crippen molar-refractivity contribution in [1.29, 1.82) is 0 Å². The Kier molecular flexibility index (Phi) is 4.51. The molecular formula is C20H23N5O2. The summed E-state index contributed by atoms with van der Waals surface area (Å²) in [4.78, 5) is 26.0. The van der Waals surface area contributed by atoms with Gasteiger partial charge in [0.05, 0.1) is 17.6 Å². The number of aromatic nitrogens is 3. The average molecular weight is 365 g/mol. The molecule has 1 saturated carbocycles. The predicted octanol–water partition coefficient (Wildman–Crippen LogP) is 3.22. The van der Waals surface area contributed by atoms with Crippen molar-refractivity contribution in [2.75, 3.05) is 25.5 Å². The maximum absolute atomic E-state index is 13.3. The molecule has 7 nitrogen and oxygen atoms in total. The first-order valence-electron chi connectivity index (χ1n) is 9.25. The third-order valence-corrected chi connectivity index (χ3v) is 4.80. The van der Waals surface area contributed by atoms with Gasteiger partial charge in [-0.3, -0.25) is 4.79 Å². The Morgan fingerprint density at radius 1 is 1.22 bits per heavy atom. The number of pyridine rings is 1. The zero-order chi connectivity index (χ0) is 19.0. The summed E-state index contributed by atoms with van der Waals surface area (Å²) in [6, 6.07) is 9.56. The largest absolute Gasteiger partial charge is 0.363 e. The lowest BCUT2D eigenvalue weighted by molar-refractivity contribution is 0.0749. The van der Waals surface area contributed by atoms with Gasteiger partial charge in [-0.05, 0) is 31.9 Å². The fourth-order valence-corrected chi connectivity index (χ4v) is 3.06. The van der Waals surface area contributed by atoms with Gasteiger partial charge in [-0.1, -0.05) is 23.4 Å². The van der Waals surface area contributed by atoms with Gasteiger partial charge in [0.1, 0.15) is 5.82 Å². The quantitative estimate of drug-likeness (QED) is 0.668. The lowest BCUT2D eigenvalue weighted by atomic mass is 10.1. The SMILES string of the molecule is CCN(Cc1noc(C2CC2)n1)C(=O)c1cc(N(C)C)nc2ccccc12.